The van der Waals surface area contributed by atoms with E-state index in [2.05, 4.69) is 26.2 Å². The van der Waals surface area contributed by atoms with E-state index in [0.717, 1.165) is 20.7 Å². The first-order valence-corrected chi connectivity index (χ1v) is 7.84. The van der Waals surface area contributed by atoms with E-state index in [4.69, 9.17) is 5.73 Å². The maximum Gasteiger partial charge on any atom is 0.252 e. The van der Waals surface area contributed by atoms with E-state index in [1.807, 2.05) is 26.2 Å². The number of nitrogens with two attached hydrogens (primary N) is 1. The van der Waals surface area contributed by atoms with Gasteiger partial charge in [0.15, 0.2) is 0 Å². The molecule has 4 nitrogen and oxygen atoms in total. The predicted molar refractivity (Wildman–Crippen MR) is 86.0 cm³/mol. The Morgan fingerprint density at radius 2 is 2.15 bits per heavy atom. The molecule has 0 saturated carbocycles. The molecule has 1 unspecified atom stereocenters. The number of rotatable bonds is 3. The first kappa shape index (κ1) is 15.0. The molecule has 1 amide bonds. The quantitative estimate of drug-likeness (QED) is 0.828. The van der Waals surface area contributed by atoms with Gasteiger partial charge in [0.2, 0.25) is 0 Å². The second-order valence-corrected chi connectivity index (χ2v) is 6.50. The second kappa shape index (κ2) is 5.93. The van der Waals surface area contributed by atoms with Gasteiger partial charge in [-0.25, -0.2) is 4.98 Å². The third-order valence-corrected chi connectivity index (χ3v) is 4.62. The number of nitrogens with one attached hydrogen (secondary N) is 1. The molecule has 1 aromatic carbocycles. The summed E-state index contributed by atoms with van der Waals surface area (Å²) in [7, 11) is 0. The molecular formula is C14H16BrN3OS. The minimum atomic E-state index is -0.143. The summed E-state index contributed by atoms with van der Waals surface area (Å²) >= 11 is 4.91. The third-order valence-electron chi connectivity index (χ3n) is 3.01. The number of carbonyl (C=O) groups is 1. The normalized spacial score (nSPS) is 12.2. The average molecular weight is 354 g/mol. The number of anilines is 1. The van der Waals surface area contributed by atoms with Crippen LogP contribution in [0, 0.1) is 13.8 Å². The molecule has 1 atom stereocenters. The van der Waals surface area contributed by atoms with Gasteiger partial charge in [0, 0.05) is 26.8 Å². The number of aryl methyl sites for hydroxylation is 1. The molecule has 3 N–H and O–H groups in total. The Balaban J connectivity index is 2.20. The maximum atomic E-state index is 12.3. The molecule has 6 heteroatoms. The van der Waals surface area contributed by atoms with Crippen LogP contribution in [0.15, 0.2) is 22.0 Å². The van der Waals surface area contributed by atoms with E-state index in [1.165, 1.54) is 0 Å². The molecule has 2 aromatic rings. The van der Waals surface area contributed by atoms with Gasteiger partial charge in [-0.15, -0.1) is 11.3 Å². The molecule has 2 rings (SSSR count). The number of aromatic nitrogens is 1. The highest BCUT2D eigenvalue weighted by Crippen LogP contribution is 2.24. The van der Waals surface area contributed by atoms with E-state index in [1.54, 1.807) is 23.5 Å². The van der Waals surface area contributed by atoms with Crippen molar-refractivity contribution in [3.05, 3.63) is 43.8 Å². The maximum absolute atomic E-state index is 12.3. The fraction of sp³-hybridized carbons (Fsp3) is 0.286. The Labute approximate surface area is 130 Å². The standard InChI is InChI=1S/C14H16BrN3OS/c1-7-6-20-14(17-7)9(3)18-13(19)11-4-10(15)5-12(16)8(11)2/h4-6,9H,16H2,1-3H3,(H,18,19). The van der Waals surface area contributed by atoms with Crippen LogP contribution in [0.4, 0.5) is 5.69 Å². The largest absolute Gasteiger partial charge is 0.398 e. The molecule has 0 aliphatic heterocycles. The lowest BCUT2D eigenvalue weighted by Gasteiger charge is -2.14. The van der Waals surface area contributed by atoms with E-state index in [9.17, 15) is 4.79 Å². The minimum Gasteiger partial charge on any atom is -0.398 e. The van der Waals surface area contributed by atoms with Crippen LogP contribution < -0.4 is 11.1 Å². The van der Waals surface area contributed by atoms with Crippen LogP contribution in [-0.2, 0) is 0 Å². The molecule has 0 saturated heterocycles. The molecule has 20 heavy (non-hydrogen) atoms. The van der Waals surface area contributed by atoms with Crippen molar-refractivity contribution < 1.29 is 4.79 Å². The van der Waals surface area contributed by atoms with Crippen molar-refractivity contribution in [1.29, 1.82) is 0 Å². The van der Waals surface area contributed by atoms with Crippen molar-refractivity contribution in [1.82, 2.24) is 10.3 Å². The summed E-state index contributed by atoms with van der Waals surface area (Å²) in [6.07, 6.45) is 0. The van der Waals surface area contributed by atoms with Crippen LogP contribution in [0.5, 0.6) is 0 Å². The van der Waals surface area contributed by atoms with Gasteiger partial charge >= 0.3 is 0 Å². The first-order valence-electron chi connectivity index (χ1n) is 6.17. The molecule has 0 bridgehead atoms. The zero-order valence-electron chi connectivity index (χ0n) is 11.5. The lowest BCUT2D eigenvalue weighted by atomic mass is 10.1. The molecule has 1 aromatic heterocycles. The lowest BCUT2D eigenvalue weighted by Crippen LogP contribution is -2.27. The number of nitrogen functional groups attached to an aromatic ring is 1. The van der Waals surface area contributed by atoms with Gasteiger partial charge in [0.1, 0.15) is 5.01 Å². The van der Waals surface area contributed by atoms with Crippen LogP contribution >= 0.6 is 27.3 Å². The minimum absolute atomic E-state index is 0.124. The molecule has 1 heterocycles. The van der Waals surface area contributed by atoms with Crippen molar-refractivity contribution in [2.75, 3.05) is 5.73 Å². The fourth-order valence-corrected chi connectivity index (χ4v) is 3.12. The number of halogens is 1. The number of carbonyl (C=O) groups excluding carboxylic acids is 1. The van der Waals surface area contributed by atoms with Crippen molar-refractivity contribution in [2.45, 2.75) is 26.8 Å². The fourth-order valence-electron chi connectivity index (χ4n) is 1.84. The van der Waals surface area contributed by atoms with Gasteiger partial charge in [-0.2, -0.15) is 0 Å². The lowest BCUT2D eigenvalue weighted by molar-refractivity contribution is 0.0939. The van der Waals surface area contributed by atoms with E-state index < -0.39 is 0 Å². The number of nitrogens with zero attached hydrogens (tertiary/aromatic N) is 1. The van der Waals surface area contributed by atoms with E-state index in [-0.39, 0.29) is 11.9 Å². The Hall–Kier alpha value is -1.40. The predicted octanol–water partition coefficient (Wildman–Crippen LogP) is 3.60. The third kappa shape index (κ3) is 3.19. The zero-order chi connectivity index (χ0) is 14.9. The van der Waals surface area contributed by atoms with Crippen LogP contribution in [0.3, 0.4) is 0 Å². The smallest absolute Gasteiger partial charge is 0.252 e. The Kier molecular flexibility index (Phi) is 4.45. The number of thiazole rings is 1. The van der Waals surface area contributed by atoms with Crippen molar-refractivity contribution in [2.24, 2.45) is 0 Å². The molecule has 0 fully saturated rings. The van der Waals surface area contributed by atoms with Crippen molar-refractivity contribution in [3.8, 4) is 0 Å². The highest BCUT2D eigenvalue weighted by molar-refractivity contribution is 9.10. The van der Waals surface area contributed by atoms with Crippen molar-refractivity contribution in [3.63, 3.8) is 0 Å². The van der Waals surface area contributed by atoms with E-state index >= 15 is 0 Å². The number of hydrogen-bond donors (Lipinski definition) is 2. The number of amides is 1. The molecule has 106 valence electrons. The Morgan fingerprint density at radius 1 is 1.45 bits per heavy atom. The summed E-state index contributed by atoms with van der Waals surface area (Å²) in [4.78, 5) is 16.7. The van der Waals surface area contributed by atoms with Gasteiger partial charge in [-0.05, 0) is 38.5 Å². The molecule has 0 spiro atoms. The molecule has 0 aliphatic rings. The van der Waals surface area contributed by atoms with Crippen molar-refractivity contribution >= 4 is 38.9 Å². The summed E-state index contributed by atoms with van der Waals surface area (Å²) in [5.41, 5.74) is 8.82. The topological polar surface area (TPSA) is 68.0 Å². The molecular weight excluding hydrogens is 338 g/mol. The Morgan fingerprint density at radius 3 is 2.75 bits per heavy atom. The first-order chi connectivity index (χ1) is 9.38. The van der Waals surface area contributed by atoms with Crippen LogP contribution in [0.1, 0.15) is 39.6 Å². The van der Waals surface area contributed by atoms with Gasteiger partial charge in [0.05, 0.1) is 6.04 Å². The summed E-state index contributed by atoms with van der Waals surface area (Å²) in [6.45, 7) is 5.70. The SMILES string of the molecule is Cc1csc(C(C)NC(=O)c2cc(Br)cc(N)c2C)n1. The summed E-state index contributed by atoms with van der Waals surface area (Å²) in [5.74, 6) is -0.143. The number of benzene rings is 1. The van der Waals surface area contributed by atoms with E-state index in [0.29, 0.717) is 11.3 Å². The van der Waals surface area contributed by atoms with Gasteiger partial charge < -0.3 is 11.1 Å². The van der Waals surface area contributed by atoms with Gasteiger partial charge in [-0.3, -0.25) is 4.79 Å². The van der Waals surface area contributed by atoms with Crippen LogP contribution in [0.25, 0.3) is 0 Å². The number of hydrogen-bond acceptors (Lipinski definition) is 4. The van der Waals surface area contributed by atoms with Crippen LogP contribution in [-0.4, -0.2) is 10.9 Å². The highest BCUT2D eigenvalue weighted by Gasteiger charge is 2.17. The van der Waals surface area contributed by atoms with Crippen LogP contribution in [0.2, 0.25) is 0 Å². The molecule has 0 radical (unpaired) electrons. The van der Waals surface area contributed by atoms with Gasteiger partial charge in [-0.1, -0.05) is 15.9 Å². The summed E-state index contributed by atoms with van der Waals surface area (Å²) in [6, 6.07) is 3.45. The summed E-state index contributed by atoms with van der Waals surface area (Å²) < 4.78 is 0.795. The summed E-state index contributed by atoms with van der Waals surface area (Å²) in [5, 5.41) is 5.83. The zero-order valence-corrected chi connectivity index (χ0v) is 13.9. The Bertz CT molecular complexity index is 654. The molecule has 0 aliphatic carbocycles. The highest BCUT2D eigenvalue weighted by atomic mass is 79.9. The average Bonchev–Trinajstić information content (AvgIpc) is 2.80. The monoisotopic (exact) mass is 353 g/mol. The van der Waals surface area contributed by atoms with Gasteiger partial charge in [0.25, 0.3) is 5.91 Å². The second-order valence-electron chi connectivity index (χ2n) is 4.69.